The topological polar surface area (TPSA) is 78.5 Å². The Morgan fingerprint density at radius 2 is 1.87 bits per heavy atom. The van der Waals surface area contributed by atoms with Crippen molar-refractivity contribution in [2.45, 2.75) is 102 Å². The van der Waals surface area contributed by atoms with Crippen molar-refractivity contribution in [1.29, 1.82) is 0 Å². The average Bonchev–Trinajstić information content (AvgIpc) is 3.26. The molecule has 2 N–H and O–H groups in total. The Morgan fingerprint density at radius 1 is 1.16 bits per heavy atom. The van der Waals surface area contributed by atoms with Crippen LogP contribution in [0.5, 0.6) is 0 Å². The van der Waals surface area contributed by atoms with Gasteiger partial charge in [0.15, 0.2) is 0 Å². The summed E-state index contributed by atoms with van der Waals surface area (Å²) in [5.41, 5.74) is 1.28. The van der Waals surface area contributed by atoms with E-state index in [0.29, 0.717) is 24.4 Å². The number of nitrogens with one attached hydrogen (secondary N) is 2. The molecule has 0 radical (unpaired) electrons. The number of piperidine rings is 1. The molecule has 2 unspecified atom stereocenters. The summed E-state index contributed by atoms with van der Waals surface area (Å²) in [4.78, 5) is 15.0. The molecule has 2 fully saturated rings. The molecule has 7 heteroatoms. The lowest BCUT2D eigenvalue weighted by Gasteiger charge is -2.36. The van der Waals surface area contributed by atoms with Crippen molar-refractivity contribution >= 4 is 27.3 Å². The number of nitrogens with zero attached hydrogens (tertiary/aromatic N) is 1. The van der Waals surface area contributed by atoms with Crippen molar-refractivity contribution in [3.05, 3.63) is 18.2 Å². The molecule has 1 amide bonds. The molecule has 1 aliphatic carbocycles. The maximum absolute atomic E-state index is 13.3. The van der Waals surface area contributed by atoms with Gasteiger partial charge in [-0.3, -0.25) is 4.79 Å². The third-order valence-electron chi connectivity index (χ3n) is 6.87. The lowest BCUT2D eigenvalue weighted by Crippen LogP contribution is -2.39. The lowest BCUT2D eigenvalue weighted by atomic mass is 10.0. The molecule has 1 aliphatic heterocycles. The van der Waals surface area contributed by atoms with Crippen molar-refractivity contribution in [2.75, 3.05) is 16.8 Å². The zero-order chi connectivity index (χ0) is 22.4. The number of anilines is 2. The summed E-state index contributed by atoms with van der Waals surface area (Å²) >= 11 is 0. The predicted octanol–water partition coefficient (Wildman–Crippen LogP) is 5.05. The number of hydrogen-bond donors (Lipinski definition) is 2. The smallest absolute Gasteiger partial charge is 0.242 e. The molecule has 2 atom stereocenters. The summed E-state index contributed by atoms with van der Waals surface area (Å²) < 4.78 is 29.3. The SMILES string of the molecule is CCC(C)NS(=O)(=O)c1cc(NC(=O)CCC2CCCC2)ccc1N1CCCCC1C. The summed E-state index contributed by atoms with van der Waals surface area (Å²) in [5, 5.41) is 2.94. The van der Waals surface area contributed by atoms with Gasteiger partial charge in [0.05, 0.1) is 5.69 Å². The first-order valence-corrected chi connectivity index (χ1v) is 13.5. The molecular weight excluding hydrogens is 410 g/mol. The second-order valence-corrected chi connectivity index (χ2v) is 11.1. The molecule has 1 heterocycles. The average molecular weight is 450 g/mol. The van der Waals surface area contributed by atoms with Crippen molar-refractivity contribution in [1.82, 2.24) is 4.72 Å². The van der Waals surface area contributed by atoms with Gasteiger partial charge in [-0.25, -0.2) is 13.1 Å². The van der Waals surface area contributed by atoms with Gasteiger partial charge >= 0.3 is 0 Å². The Bertz CT molecular complexity index is 850. The fraction of sp³-hybridized carbons (Fsp3) is 0.708. The number of carbonyl (C=O) groups excluding carboxylic acids is 1. The third-order valence-corrected chi connectivity index (χ3v) is 8.49. The molecule has 6 nitrogen and oxygen atoms in total. The first-order valence-electron chi connectivity index (χ1n) is 12.0. The van der Waals surface area contributed by atoms with Gasteiger partial charge in [-0.05, 0) is 70.1 Å². The zero-order valence-electron chi connectivity index (χ0n) is 19.3. The Kier molecular flexibility index (Phi) is 8.39. The first-order chi connectivity index (χ1) is 14.8. The minimum absolute atomic E-state index is 0.0378. The molecule has 31 heavy (non-hydrogen) atoms. The van der Waals surface area contributed by atoms with E-state index in [4.69, 9.17) is 0 Å². The number of hydrogen-bond acceptors (Lipinski definition) is 4. The molecule has 2 aliphatic rings. The van der Waals surface area contributed by atoms with Crippen LogP contribution in [0.3, 0.4) is 0 Å². The van der Waals surface area contributed by atoms with Crippen LogP contribution >= 0.6 is 0 Å². The number of amides is 1. The monoisotopic (exact) mass is 449 g/mol. The molecule has 1 aromatic carbocycles. The van der Waals surface area contributed by atoms with E-state index in [1.165, 1.54) is 32.1 Å². The van der Waals surface area contributed by atoms with Crippen LogP contribution in [0.1, 0.15) is 85.0 Å². The van der Waals surface area contributed by atoms with Gasteiger partial charge in [0.25, 0.3) is 0 Å². The highest BCUT2D eigenvalue weighted by molar-refractivity contribution is 7.89. The molecule has 0 aromatic heterocycles. The Balaban J connectivity index is 1.82. The zero-order valence-corrected chi connectivity index (χ0v) is 20.1. The molecule has 174 valence electrons. The standard InChI is InChI=1S/C24H39N3O3S/c1-4-18(2)26-31(29,30)23-17-21(25-24(28)15-12-20-10-5-6-11-20)13-14-22(23)27-16-8-7-9-19(27)3/h13-14,17-20,26H,4-12,15-16H2,1-3H3,(H,25,28). The van der Waals surface area contributed by atoms with Crippen LogP contribution in [0.4, 0.5) is 11.4 Å². The number of sulfonamides is 1. The van der Waals surface area contributed by atoms with E-state index in [1.54, 1.807) is 6.07 Å². The maximum Gasteiger partial charge on any atom is 0.242 e. The molecule has 0 bridgehead atoms. The predicted molar refractivity (Wildman–Crippen MR) is 127 cm³/mol. The van der Waals surface area contributed by atoms with E-state index in [-0.39, 0.29) is 22.9 Å². The third kappa shape index (κ3) is 6.45. The van der Waals surface area contributed by atoms with Gasteiger partial charge in [0.2, 0.25) is 15.9 Å². The van der Waals surface area contributed by atoms with Gasteiger partial charge in [-0.2, -0.15) is 0 Å². The maximum atomic E-state index is 13.3. The minimum Gasteiger partial charge on any atom is -0.368 e. The quantitative estimate of drug-likeness (QED) is 0.553. The summed E-state index contributed by atoms with van der Waals surface area (Å²) in [6.45, 7) is 6.83. The molecule has 3 rings (SSSR count). The van der Waals surface area contributed by atoms with E-state index < -0.39 is 10.0 Å². The van der Waals surface area contributed by atoms with E-state index >= 15 is 0 Å². The Hall–Kier alpha value is -1.60. The van der Waals surface area contributed by atoms with E-state index in [2.05, 4.69) is 21.9 Å². The minimum atomic E-state index is -3.70. The highest BCUT2D eigenvalue weighted by atomic mass is 32.2. The van der Waals surface area contributed by atoms with Crippen molar-refractivity contribution in [2.24, 2.45) is 5.92 Å². The fourth-order valence-corrected chi connectivity index (χ4v) is 6.34. The highest BCUT2D eigenvalue weighted by Crippen LogP contribution is 2.33. The van der Waals surface area contributed by atoms with E-state index in [0.717, 1.165) is 31.5 Å². The Morgan fingerprint density at radius 3 is 2.55 bits per heavy atom. The molecule has 1 saturated carbocycles. The van der Waals surface area contributed by atoms with Crippen molar-refractivity contribution in [3.63, 3.8) is 0 Å². The molecular formula is C24H39N3O3S. The summed E-state index contributed by atoms with van der Waals surface area (Å²) in [7, 11) is -3.70. The van der Waals surface area contributed by atoms with Gasteiger partial charge in [-0.15, -0.1) is 0 Å². The second kappa shape index (κ2) is 10.8. The van der Waals surface area contributed by atoms with Crippen LogP contribution in [0.25, 0.3) is 0 Å². The van der Waals surface area contributed by atoms with Crippen molar-refractivity contribution < 1.29 is 13.2 Å². The first kappa shape index (κ1) is 24.1. The largest absolute Gasteiger partial charge is 0.368 e. The number of benzene rings is 1. The van der Waals surface area contributed by atoms with Gasteiger partial charge in [0, 0.05) is 30.7 Å². The summed E-state index contributed by atoms with van der Waals surface area (Å²) in [6, 6.07) is 5.47. The molecule has 0 spiro atoms. The van der Waals surface area contributed by atoms with Gasteiger partial charge in [0.1, 0.15) is 4.90 Å². The van der Waals surface area contributed by atoms with Crippen LogP contribution in [0.2, 0.25) is 0 Å². The Labute approximate surface area is 188 Å². The van der Waals surface area contributed by atoms with Gasteiger partial charge in [-0.1, -0.05) is 32.6 Å². The highest BCUT2D eigenvalue weighted by Gasteiger charge is 2.28. The fourth-order valence-electron chi connectivity index (χ4n) is 4.77. The van der Waals surface area contributed by atoms with Crippen LogP contribution in [0, 0.1) is 5.92 Å². The van der Waals surface area contributed by atoms with Crippen LogP contribution < -0.4 is 14.9 Å². The molecule has 1 saturated heterocycles. The van der Waals surface area contributed by atoms with Crippen LogP contribution in [0.15, 0.2) is 23.1 Å². The second-order valence-electron chi connectivity index (χ2n) is 9.39. The number of rotatable bonds is 9. The summed E-state index contributed by atoms with van der Waals surface area (Å²) in [6.07, 6.45) is 10.4. The van der Waals surface area contributed by atoms with Crippen LogP contribution in [-0.2, 0) is 14.8 Å². The van der Waals surface area contributed by atoms with Crippen LogP contribution in [-0.4, -0.2) is 33.0 Å². The van der Waals surface area contributed by atoms with E-state index in [1.807, 2.05) is 26.0 Å². The van der Waals surface area contributed by atoms with Gasteiger partial charge < -0.3 is 10.2 Å². The summed E-state index contributed by atoms with van der Waals surface area (Å²) in [5.74, 6) is 0.619. The van der Waals surface area contributed by atoms with E-state index in [9.17, 15) is 13.2 Å². The normalized spacial score (nSPS) is 21.3. The number of carbonyl (C=O) groups is 1. The lowest BCUT2D eigenvalue weighted by molar-refractivity contribution is -0.116. The molecule has 1 aromatic rings. The van der Waals surface area contributed by atoms with Crippen molar-refractivity contribution in [3.8, 4) is 0 Å².